The maximum absolute atomic E-state index is 11.8. The van der Waals surface area contributed by atoms with E-state index in [4.69, 9.17) is 9.47 Å². The van der Waals surface area contributed by atoms with Crippen LogP contribution in [0.4, 0.5) is 4.79 Å². The van der Waals surface area contributed by atoms with Crippen molar-refractivity contribution >= 4 is 6.09 Å². The second kappa shape index (κ2) is 10.5. The summed E-state index contributed by atoms with van der Waals surface area (Å²) in [5.74, 6) is 1.79. The van der Waals surface area contributed by atoms with Crippen LogP contribution in [0.2, 0.25) is 0 Å². The fraction of sp³-hybridized carbons (Fsp3) is 0.480. The summed E-state index contributed by atoms with van der Waals surface area (Å²) in [5.41, 5.74) is 2.14. The number of alkyl carbamates (subject to hydrolysis) is 1. The van der Waals surface area contributed by atoms with Crippen molar-refractivity contribution < 1.29 is 14.3 Å². The van der Waals surface area contributed by atoms with Gasteiger partial charge in [-0.2, -0.15) is 0 Å². The van der Waals surface area contributed by atoms with E-state index >= 15 is 0 Å². The van der Waals surface area contributed by atoms with E-state index in [9.17, 15) is 4.79 Å². The molecule has 1 saturated heterocycles. The number of benzene rings is 2. The number of nitrogens with one attached hydrogen (secondary N) is 2. The second-order valence-corrected chi connectivity index (χ2v) is 8.83. The lowest BCUT2D eigenvalue weighted by Crippen LogP contribution is -2.34. The molecule has 0 radical (unpaired) electrons. The van der Waals surface area contributed by atoms with Crippen LogP contribution in [0, 0.1) is 5.92 Å². The van der Waals surface area contributed by atoms with Gasteiger partial charge in [0.15, 0.2) is 0 Å². The highest BCUT2D eigenvalue weighted by molar-refractivity contribution is 5.67. The molecule has 1 amide bonds. The Morgan fingerprint density at radius 2 is 1.77 bits per heavy atom. The van der Waals surface area contributed by atoms with Crippen LogP contribution in [0.25, 0.3) is 0 Å². The van der Waals surface area contributed by atoms with Gasteiger partial charge in [0.2, 0.25) is 0 Å². The monoisotopic (exact) mass is 410 g/mol. The van der Waals surface area contributed by atoms with Gasteiger partial charge < -0.3 is 20.1 Å². The first-order valence-electron chi connectivity index (χ1n) is 10.9. The molecule has 2 aromatic rings. The van der Waals surface area contributed by atoms with E-state index in [1.165, 1.54) is 24.0 Å². The van der Waals surface area contributed by atoms with E-state index in [1.54, 1.807) is 0 Å². The number of hydrogen-bond donors (Lipinski definition) is 2. The molecule has 1 heterocycles. The minimum absolute atomic E-state index is 0.358. The quantitative estimate of drug-likeness (QED) is 0.649. The molecule has 2 N–H and O–H groups in total. The van der Waals surface area contributed by atoms with Gasteiger partial charge in [-0.15, -0.1) is 0 Å². The van der Waals surface area contributed by atoms with Gasteiger partial charge in [0.1, 0.15) is 18.0 Å². The normalized spacial score (nSPS) is 16.0. The van der Waals surface area contributed by atoms with Crippen molar-refractivity contribution in [2.45, 2.75) is 45.1 Å². The highest BCUT2D eigenvalue weighted by Crippen LogP contribution is 2.37. The molecule has 0 unspecified atom stereocenters. The molecule has 1 aliphatic rings. The number of carbonyl (C=O) groups excluding carboxylic acids is 1. The van der Waals surface area contributed by atoms with Crippen molar-refractivity contribution in [3.8, 4) is 5.75 Å². The number of carbonyl (C=O) groups is 1. The third kappa shape index (κ3) is 6.77. The minimum atomic E-state index is -0.500. The lowest BCUT2D eigenvalue weighted by atomic mass is 9.76. The van der Waals surface area contributed by atoms with Gasteiger partial charge in [0.25, 0.3) is 0 Å². The van der Waals surface area contributed by atoms with E-state index in [-0.39, 0.29) is 0 Å². The van der Waals surface area contributed by atoms with Crippen LogP contribution in [0.5, 0.6) is 5.75 Å². The Balaban J connectivity index is 1.64. The predicted octanol–water partition coefficient (Wildman–Crippen LogP) is 4.72. The summed E-state index contributed by atoms with van der Waals surface area (Å²) < 4.78 is 11.2. The van der Waals surface area contributed by atoms with Gasteiger partial charge in [-0.25, -0.2) is 4.79 Å². The lowest BCUT2D eigenvalue weighted by molar-refractivity contribution is 0.0520. The molecule has 0 aromatic heterocycles. The Kier molecular flexibility index (Phi) is 7.75. The van der Waals surface area contributed by atoms with E-state index in [2.05, 4.69) is 59.2 Å². The van der Waals surface area contributed by atoms with Gasteiger partial charge in [0.05, 0.1) is 6.54 Å². The van der Waals surface area contributed by atoms with Gasteiger partial charge in [-0.05, 0) is 75.9 Å². The molecule has 30 heavy (non-hydrogen) atoms. The zero-order valence-electron chi connectivity index (χ0n) is 18.3. The molecule has 162 valence electrons. The summed E-state index contributed by atoms with van der Waals surface area (Å²) in [4.78, 5) is 11.8. The van der Waals surface area contributed by atoms with Crippen molar-refractivity contribution in [2.24, 2.45) is 5.92 Å². The first-order valence-corrected chi connectivity index (χ1v) is 10.9. The standard InChI is InChI=1S/C25H34N2O3/c1-25(2,3)30-24(28)27-16-17-29-22-11-7-10-21(18-22)23(19-8-5-4-6-9-19)20-12-14-26-15-13-20/h4-11,18,20,23,26H,12-17H2,1-3H3,(H,27,28)/t23-/m0/s1. The van der Waals surface area contributed by atoms with Crippen LogP contribution in [0.1, 0.15) is 50.7 Å². The Morgan fingerprint density at radius 1 is 1.07 bits per heavy atom. The molecular weight excluding hydrogens is 376 g/mol. The van der Waals surface area contributed by atoms with Crippen molar-refractivity contribution in [3.63, 3.8) is 0 Å². The molecule has 0 spiro atoms. The molecule has 1 fully saturated rings. The topological polar surface area (TPSA) is 59.6 Å². The number of rotatable bonds is 7. The minimum Gasteiger partial charge on any atom is -0.492 e. The largest absolute Gasteiger partial charge is 0.492 e. The highest BCUT2D eigenvalue weighted by atomic mass is 16.6. The summed E-state index contributed by atoms with van der Waals surface area (Å²) in [7, 11) is 0. The number of amides is 1. The lowest BCUT2D eigenvalue weighted by Gasteiger charge is -2.31. The van der Waals surface area contributed by atoms with Crippen LogP contribution >= 0.6 is 0 Å². The van der Waals surface area contributed by atoms with Crippen LogP contribution in [0.3, 0.4) is 0 Å². The van der Waals surface area contributed by atoms with Crippen molar-refractivity contribution in [3.05, 3.63) is 65.7 Å². The van der Waals surface area contributed by atoms with E-state index in [1.807, 2.05) is 26.8 Å². The van der Waals surface area contributed by atoms with Gasteiger partial charge in [-0.3, -0.25) is 0 Å². The Morgan fingerprint density at radius 3 is 2.47 bits per heavy atom. The van der Waals surface area contributed by atoms with Crippen LogP contribution in [-0.2, 0) is 4.74 Å². The second-order valence-electron chi connectivity index (χ2n) is 8.83. The third-order valence-electron chi connectivity index (χ3n) is 5.27. The van der Waals surface area contributed by atoms with Crippen LogP contribution < -0.4 is 15.4 Å². The zero-order chi connectivity index (χ0) is 21.4. The predicted molar refractivity (Wildman–Crippen MR) is 120 cm³/mol. The summed E-state index contributed by atoms with van der Waals surface area (Å²) in [6.45, 7) is 8.48. The molecule has 1 aliphatic heterocycles. The van der Waals surface area contributed by atoms with E-state index in [0.717, 1.165) is 18.8 Å². The van der Waals surface area contributed by atoms with Gasteiger partial charge in [-0.1, -0.05) is 42.5 Å². The number of hydrogen-bond acceptors (Lipinski definition) is 4. The van der Waals surface area contributed by atoms with Crippen molar-refractivity contribution in [1.29, 1.82) is 0 Å². The Hall–Kier alpha value is -2.53. The molecule has 2 aromatic carbocycles. The zero-order valence-corrected chi connectivity index (χ0v) is 18.3. The summed E-state index contributed by atoms with van der Waals surface area (Å²) >= 11 is 0. The highest BCUT2D eigenvalue weighted by Gasteiger charge is 2.26. The number of piperidine rings is 1. The average molecular weight is 411 g/mol. The van der Waals surface area contributed by atoms with Crippen molar-refractivity contribution in [1.82, 2.24) is 10.6 Å². The number of ether oxygens (including phenoxy) is 2. The molecule has 5 heteroatoms. The molecular formula is C25H34N2O3. The first-order chi connectivity index (χ1) is 14.4. The summed E-state index contributed by atoms with van der Waals surface area (Å²) in [6, 6.07) is 19.1. The molecule has 0 saturated carbocycles. The Labute approximate surface area is 180 Å². The molecule has 0 bridgehead atoms. The van der Waals surface area contributed by atoms with Crippen molar-refractivity contribution in [2.75, 3.05) is 26.2 Å². The van der Waals surface area contributed by atoms with Crippen LogP contribution in [0.15, 0.2) is 54.6 Å². The Bertz CT molecular complexity index is 796. The third-order valence-corrected chi connectivity index (χ3v) is 5.27. The summed E-state index contributed by atoms with van der Waals surface area (Å²) in [6.07, 6.45) is 1.92. The van der Waals surface area contributed by atoms with Gasteiger partial charge >= 0.3 is 6.09 Å². The maximum atomic E-state index is 11.8. The molecule has 0 aliphatic carbocycles. The molecule has 1 atom stereocenters. The summed E-state index contributed by atoms with van der Waals surface area (Å²) in [5, 5.41) is 6.20. The van der Waals surface area contributed by atoms with E-state index < -0.39 is 11.7 Å². The van der Waals surface area contributed by atoms with Crippen LogP contribution in [-0.4, -0.2) is 37.9 Å². The average Bonchev–Trinajstić information content (AvgIpc) is 2.72. The smallest absolute Gasteiger partial charge is 0.407 e. The maximum Gasteiger partial charge on any atom is 0.407 e. The SMILES string of the molecule is CC(C)(C)OC(=O)NCCOc1cccc([C@@H](c2ccccc2)C2CCNCC2)c1. The first kappa shape index (κ1) is 22.2. The van der Waals surface area contributed by atoms with Gasteiger partial charge in [0, 0.05) is 5.92 Å². The molecule has 3 rings (SSSR count). The van der Waals surface area contributed by atoms with E-state index in [0.29, 0.717) is 25.0 Å². The molecule has 5 nitrogen and oxygen atoms in total. The fourth-order valence-electron chi connectivity index (χ4n) is 4.01. The fourth-order valence-corrected chi connectivity index (χ4v) is 4.01.